The van der Waals surface area contributed by atoms with Crippen LogP contribution in [0.15, 0.2) is 24.3 Å². The van der Waals surface area contributed by atoms with Crippen LogP contribution in [0.2, 0.25) is 0 Å². The zero-order valence-corrected chi connectivity index (χ0v) is 18.9. The standard InChI is InChI=1S/C25H44N2O2/c1-3-4-5-10-13-22(2)14-11-8-6-7-9-12-19-27-20-21-29-25(28)23-15-17-24(26)18-16-23/h15-18,22,27H,3-14,19-21,26H2,1-2H3. The summed E-state index contributed by atoms with van der Waals surface area (Å²) < 4.78 is 5.25. The van der Waals surface area contributed by atoms with Crippen molar-refractivity contribution >= 4 is 11.7 Å². The van der Waals surface area contributed by atoms with Gasteiger partial charge in [-0.2, -0.15) is 0 Å². The Bertz CT molecular complexity index is 516. The van der Waals surface area contributed by atoms with Crippen LogP contribution in [0.3, 0.4) is 0 Å². The molecule has 0 fully saturated rings. The molecule has 0 saturated carbocycles. The van der Waals surface area contributed by atoms with Gasteiger partial charge in [-0.25, -0.2) is 4.79 Å². The van der Waals surface area contributed by atoms with Gasteiger partial charge in [0.25, 0.3) is 0 Å². The number of benzene rings is 1. The minimum atomic E-state index is -0.290. The number of ether oxygens (including phenoxy) is 1. The molecule has 4 heteroatoms. The third-order valence-corrected chi connectivity index (χ3v) is 5.51. The molecule has 0 bridgehead atoms. The molecule has 0 spiro atoms. The summed E-state index contributed by atoms with van der Waals surface area (Å²) in [7, 11) is 0. The van der Waals surface area contributed by atoms with Crippen LogP contribution in [-0.4, -0.2) is 25.7 Å². The molecular weight excluding hydrogens is 360 g/mol. The lowest BCUT2D eigenvalue weighted by molar-refractivity contribution is 0.0508. The van der Waals surface area contributed by atoms with Gasteiger partial charge in [-0.3, -0.25) is 0 Å². The fourth-order valence-corrected chi connectivity index (χ4v) is 3.56. The van der Waals surface area contributed by atoms with E-state index in [9.17, 15) is 4.79 Å². The molecule has 166 valence electrons. The highest BCUT2D eigenvalue weighted by atomic mass is 16.5. The van der Waals surface area contributed by atoms with Crippen molar-refractivity contribution in [1.29, 1.82) is 0 Å². The number of carbonyl (C=O) groups is 1. The molecule has 1 unspecified atom stereocenters. The van der Waals surface area contributed by atoms with Crippen LogP contribution in [0.25, 0.3) is 0 Å². The maximum Gasteiger partial charge on any atom is 0.338 e. The van der Waals surface area contributed by atoms with E-state index in [0.29, 0.717) is 24.4 Å². The van der Waals surface area contributed by atoms with Crippen molar-refractivity contribution < 1.29 is 9.53 Å². The Morgan fingerprint density at radius 3 is 2.14 bits per heavy atom. The van der Waals surface area contributed by atoms with Gasteiger partial charge in [-0.1, -0.05) is 84.5 Å². The van der Waals surface area contributed by atoms with E-state index >= 15 is 0 Å². The van der Waals surface area contributed by atoms with Crippen molar-refractivity contribution in [2.24, 2.45) is 5.92 Å². The van der Waals surface area contributed by atoms with Crippen LogP contribution < -0.4 is 11.1 Å². The molecule has 0 amide bonds. The molecule has 0 aliphatic heterocycles. The lowest BCUT2D eigenvalue weighted by atomic mass is 9.96. The van der Waals surface area contributed by atoms with Gasteiger partial charge in [0.2, 0.25) is 0 Å². The zero-order valence-electron chi connectivity index (χ0n) is 18.9. The topological polar surface area (TPSA) is 64.3 Å². The number of nitrogen functional groups attached to an aromatic ring is 1. The average molecular weight is 405 g/mol. The van der Waals surface area contributed by atoms with E-state index in [1.807, 2.05) is 0 Å². The van der Waals surface area contributed by atoms with Crippen molar-refractivity contribution in [3.8, 4) is 0 Å². The van der Waals surface area contributed by atoms with Crippen LogP contribution in [0.5, 0.6) is 0 Å². The Kier molecular flexibility index (Phi) is 15.2. The van der Waals surface area contributed by atoms with Gasteiger partial charge in [-0.05, 0) is 43.1 Å². The van der Waals surface area contributed by atoms with Crippen molar-refractivity contribution in [3.05, 3.63) is 29.8 Å². The molecule has 29 heavy (non-hydrogen) atoms. The van der Waals surface area contributed by atoms with E-state index in [1.165, 1.54) is 77.0 Å². The first-order valence-corrected chi connectivity index (χ1v) is 11.9. The molecular formula is C25H44N2O2. The van der Waals surface area contributed by atoms with E-state index in [0.717, 1.165) is 12.5 Å². The van der Waals surface area contributed by atoms with E-state index in [-0.39, 0.29) is 5.97 Å². The highest BCUT2D eigenvalue weighted by Crippen LogP contribution is 2.17. The number of esters is 1. The second kappa shape index (κ2) is 17.3. The van der Waals surface area contributed by atoms with E-state index in [2.05, 4.69) is 19.2 Å². The van der Waals surface area contributed by atoms with Gasteiger partial charge in [-0.15, -0.1) is 0 Å². The summed E-state index contributed by atoms with van der Waals surface area (Å²) in [5, 5.41) is 3.35. The molecule has 1 atom stereocenters. The summed E-state index contributed by atoms with van der Waals surface area (Å²) in [4.78, 5) is 11.8. The quantitative estimate of drug-likeness (QED) is 0.170. The maximum absolute atomic E-state index is 11.8. The number of nitrogens with one attached hydrogen (secondary N) is 1. The number of nitrogens with two attached hydrogens (primary N) is 1. The summed E-state index contributed by atoms with van der Waals surface area (Å²) in [6.45, 7) is 6.80. The molecule has 0 saturated heterocycles. The molecule has 0 aromatic heterocycles. The van der Waals surface area contributed by atoms with Crippen LogP contribution in [0.1, 0.15) is 101 Å². The summed E-state index contributed by atoms with van der Waals surface area (Å²) >= 11 is 0. The molecule has 1 aromatic carbocycles. The van der Waals surface area contributed by atoms with E-state index < -0.39 is 0 Å². The first kappa shape index (κ1) is 25.5. The molecule has 0 aliphatic rings. The molecule has 4 nitrogen and oxygen atoms in total. The fourth-order valence-electron chi connectivity index (χ4n) is 3.56. The Hall–Kier alpha value is -1.55. The van der Waals surface area contributed by atoms with Crippen LogP contribution in [-0.2, 0) is 4.74 Å². The summed E-state index contributed by atoms with van der Waals surface area (Å²) in [6, 6.07) is 6.81. The third kappa shape index (κ3) is 14.1. The number of unbranched alkanes of at least 4 members (excludes halogenated alkanes) is 8. The Morgan fingerprint density at radius 2 is 1.48 bits per heavy atom. The highest BCUT2D eigenvalue weighted by molar-refractivity contribution is 5.89. The third-order valence-electron chi connectivity index (χ3n) is 5.51. The molecule has 0 radical (unpaired) electrons. The van der Waals surface area contributed by atoms with Gasteiger partial charge in [0.1, 0.15) is 6.61 Å². The van der Waals surface area contributed by atoms with Crippen molar-refractivity contribution in [2.45, 2.75) is 90.9 Å². The predicted molar refractivity (Wildman–Crippen MR) is 124 cm³/mol. The minimum Gasteiger partial charge on any atom is -0.461 e. The molecule has 3 N–H and O–H groups in total. The smallest absolute Gasteiger partial charge is 0.338 e. The second-order valence-electron chi connectivity index (χ2n) is 8.37. The monoisotopic (exact) mass is 404 g/mol. The largest absolute Gasteiger partial charge is 0.461 e. The lowest BCUT2D eigenvalue weighted by Gasteiger charge is -2.11. The highest BCUT2D eigenvalue weighted by Gasteiger charge is 2.06. The van der Waals surface area contributed by atoms with Gasteiger partial charge in [0, 0.05) is 12.2 Å². The normalized spacial score (nSPS) is 12.1. The maximum atomic E-state index is 11.8. The first-order valence-electron chi connectivity index (χ1n) is 11.9. The van der Waals surface area contributed by atoms with Crippen LogP contribution >= 0.6 is 0 Å². The minimum absolute atomic E-state index is 0.290. The molecule has 1 rings (SSSR count). The lowest BCUT2D eigenvalue weighted by Crippen LogP contribution is -2.22. The van der Waals surface area contributed by atoms with Crippen molar-refractivity contribution in [2.75, 3.05) is 25.4 Å². The van der Waals surface area contributed by atoms with E-state index in [4.69, 9.17) is 10.5 Å². The van der Waals surface area contributed by atoms with Gasteiger partial charge in [0.05, 0.1) is 5.56 Å². The number of anilines is 1. The van der Waals surface area contributed by atoms with Gasteiger partial charge in [0.15, 0.2) is 0 Å². The summed E-state index contributed by atoms with van der Waals surface area (Å²) in [6.07, 6.45) is 16.3. The predicted octanol–water partition coefficient (Wildman–Crippen LogP) is 6.35. The summed E-state index contributed by atoms with van der Waals surface area (Å²) in [5.41, 5.74) is 6.81. The summed E-state index contributed by atoms with van der Waals surface area (Å²) in [5.74, 6) is 0.618. The van der Waals surface area contributed by atoms with Crippen LogP contribution in [0.4, 0.5) is 5.69 Å². The number of hydrogen-bond donors (Lipinski definition) is 2. The average Bonchev–Trinajstić information content (AvgIpc) is 2.72. The number of rotatable bonds is 18. The van der Waals surface area contributed by atoms with Crippen molar-refractivity contribution in [3.63, 3.8) is 0 Å². The SMILES string of the molecule is CCCCCCC(C)CCCCCCCCNCCOC(=O)c1ccc(N)cc1. The Morgan fingerprint density at radius 1 is 0.897 bits per heavy atom. The molecule has 0 heterocycles. The van der Waals surface area contributed by atoms with Gasteiger partial charge < -0.3 is 15.8 Å². The molecule has 0 aliphatic carbocycles. The Balaban J connectivity index is 1.83. The van der Waals surface area contributed by atoms with E-state index in [1.54, 1.807) is 24.3 Å². The fraction of sp³-hybridized carbons (Fsp3) is 0.720. The number of hydrogen-bond acceptors (Lipinski definition) is 4. The van der Waals surface area contributed by atoms with Crippen molar-refractivity contribution in [1.82, 2.24) is 5.32 Å². The zero-order chi connectivity index (χ0) is 21.2. The first-order chi connectivity index (χ1) is 14.1. The van der Waals surface area contributed by atoms with Crippen LogP contribution in [0, 0.1) is 5.92 Å². The Labute approximate surface area is 179 Å². The second-order valence-corrected chi connectivity index (χ2v) is 8.37. The van der Waals surface area contributed by atoms with Gasteiger partial charge >= 0.3 is 5.97 Å². The number of carbonyl (C=O) groups excluding carboxylic acids is 1. The molecule has 1 aromatic rings.